The van der Waals surface area contributed by atoms with Gasteiger partial charge in [-0.2, -0.15) is 0 Å². The fraction of sp³-hybridized carbons (Fsp3) is 0.889. The summed E-state index contributed by atoms with van der Waals surface area (Å²) in [7, 11) is 0. The van der Waals surface area contributed by atoms with Crippen molar-refractivity contribution in [3.63, 3.8) is 0 Å². The molecule has 2 amide bonds. The average Bonchev–Trinajstić information content (AvgIpc) is 2.78. The van der Waals surface area contributed by atoms with Gasteiger partial charge in [-0.05, 0) is 13.8 Å². The quantitative estimate of drug-likeness (QED) is 0.600. The second kappa shape index (κ2) is 3.18. The maximum Gasteiger partial charge on any atom is 0.320 e. The number of epoxide rings is 1. The van der Waals surface area contributed by atoms with Crippen LogP contribution in [0, 0.1) is 0 Å². The molecule has 0 spiro atoms. The van der Waals surface area contributed by atoms with Crippen molar-refractivity contribution in [3.05, 3.63) is 0 Å². The van der Waals surface area contributed by atoms with Gasteiger partial charge < -0.3 is 14.5 Å². The summed E-state index contributed by atoms with van der Waals surface area (Å²) < 4.78 is 5.10. The van der Waals surface area contributed by atoms with Crippen molar-refractivity contribution in [1.82, 2.24) is 9.80 Å². The zero-order chi connectivity index (χ0) is 9.42. The van der Waals surface area contributed by atoms with E-state index in [4.69, 9.17) is 4.74 Å². The Balaban J connectivity index is 1.89. The molecule has 4 nitrogen and oxygen atoms in total. The fourth-order valence-corrected chi connectivity index (χ4v) is 1.67. The van der Waals surface area contributed by atoms with Gasteiger partial charge in [-0.25, -0.2) is 4.79 Å². The summed E-state index contributed by atoms with van der Waals surface area (Å²) in [6.07, 6.45) is 0.316. The van der Waals surface area contributed by atoms with Crippen molar-refractivity contribution in [1.29, 1.82) is 0 Å². The number of hydrogen-bond donors (Lipinski definition) is 0. The third-order valence-corrected chi connectivity index (χ3v) is 2.58. The molecule has 1 atom stereocenters. The molecule has 2 fully saturated rings. The molecule has 2 saturated heterocycles. The minimum Gasteiger partial charge on any atom is -0.371 e. The van der Waals surface area contributed by atoms with Crippen molar-refractivity contribution in [2.24, 2.45) is 0 Å². The lowest BCUT2D eigenvalue weighted by molar-refractivity contribution is 0.180. The molecule has 0 N–H and O–H groups in total. The molecule has 2 rings (SSSR count). The molecule has 74 valence electrons. The largest absolute Gasteiger partial charge is 0.371 e. The van der Waals surface area contributed by atoms with E-state index in [1.165, 1.54) is 0 Å². The Morgan fingerprint density at radius 1 is 1.54 bits per heavy atom. The summed E-state index contributed by atoms with van der Waals surface area (Å²) >= 11 is 0. The van der Waals surface area contributed by atoms with Gasteiger partial charge in [0.05, 0.1) is 19.3 Å². The number of carbonyl (C=O) groups is 1. The lowest BCUT2D eigenvalue weighted by atomic mass is 10.3. The van der Waals surface area contributed by atoms with E-state index in [1.807, 2.05) is 9.80 Å². The fourth-order valence-electron chi connectivity index (χ4n) is 1.67. The predicted octanol–water partition coefficient (Wildman–Crippen LogP) is 0.531. The van der Waals surface area contributed by atoms with Gasteiger partial charge in [0.1, 0.15) is 0 Å². The first-order valence-corrected chi connectivity index (χ1v) is 4.85. The van der Waals surface area contributed by atoms with Crippen molar-refractivity contribution in [2.45, 2.75) is 26.0 Å². The molecule has 0 aromatic heterocycles. The average molecular weight is 184 g/mol. The minimum absolute atomic E-state index is 0.172. The third kappa shape index (κ3) is 1.77. The van der Waals surface area contributed by atoms with Crippen LogP contribution in [0.2, 0.25) is 0 Å². The third-order valence-electron chi connectivity index (χ3n) is 2.58. The van der Waals surface area contributed by atoms with E-state index in [1.54, 1.807) is 0 Å². The van der Waals surface area contributed by atoms with Gasteiger partial charge >= 0.3 is 6.03 Å². The summed E-state index contributed by atoms with van der Waals surface area (Å²) in [4.78, 5) is 15.5. The molecule has 2 heterocycles. The molecule has 2 aliphatic heterocycles. The molecule has 2 aliphatic rings. The van der Waals surface area contributed by atoms with Crippen molar-refractivity contribution in [2.75, 3.05) is 26.2 Å². The first-order chi connectivity index (χ1) is 6.18. The van der Waals surface area contributed by atoms with Crippen LogP contribution in [0.15, 0.2) is 0 Å². The van der Waals surface area contributed by atoms with Gasteiger partial charge in [-0.15, -0.1) is 0 Å². The first kappa shape index (κ1) is 8.81. The molecule has 0 aromatic rings. The van der Waals surface area contributed by atoms with Crippen LogP contribution in [0.25, 0.3) is 0 Å². The van der Waals surface area contributed by atoms with Crippen molar-refractivity contribution < 1.29 is 9.53 Å². The van der Waals surface area contributed by atoms with E-state index in [9.17, 15) is 4.79 Å². The van der Waals surface area contributed by atoms with Gasteiger partial charge in [0, 0.05) is 19.1 Å². The van der Waals surface area contributed by atoms with Crippen LogP contribution in [0.3, 0.4) is 0 Å². The maximum atomic E-state index is 11.7. The summed E-state index contributed by atoms with van der Waals surface area (Å²) in [5.41, 5.74) is 0. The SMILES string of the molecule is CC(C)N1CCN(CC2CO2)C1=O. The Hall–Kier alpha value is -0.770. The van der Waals surface area contributed by atoms with Crippen LogP contribution in [-0.4, -0.2) is 54.2 Å². The molecule has 13 heavy (non-hydrogen) atoms. The van der Waals surface area contributed by atoms with Crippen LogP contribution in [0.5, 0.6) is 0 Å². The van der Waals surface area contributed by atoms with Gasteiger partial charge in [0.15, 0.2) is 0 Å². The Bertz CT molecular complexity index is 214. The van der Waals surface area contributed by atoms with Crippen molar-refractivity contribution >= 4 is 6.03 Å². The van der Waals surface area contributed by atoms with Crippen LogP contribution in [0.1, 0.15) is 13.8 Å². The molecular weight excluding hydrogens is 168 g/mol. The standard InChI is InChI=1S/C9H16N2O2/c1-7(2)11-4-3-10(9(11)12)5-8-6-13-8/h7-8H,3-6H2,1-2H3. The highest BCUT2D eigenvalue weighted by Gasteiger charge is 2.34. The number of nitrogens with zero attached hydrogens (tertiary/aromatic N) is 2. The molecular formula is C9H16N2O2. The molecule has 0 bridgehead atoms. The highest BCUT2D eigenvalue weighted by molar-refractivity contribution is 5.76. The number of hydrogen-bond acceptors (Lipinski definition) is 2. The smallest absolute Gasteiger partial charge is 0.320 e. The van der Waals surface area contributed by atoms with E-state index < -0.39 is 0 Å². The van der Waals surface area contributed by atoms with Crippen LogP contribution >= 0.6 is 0 Å². The Kier molecular flexibility index (Phi) is 2.15. The molecule has 4 heteroatoms. The monoisotopic (exact) mass is 184 g/mol. The summed E-state index contributed by atoms with van der Waals surface area (Å²) in [5, 5.41) is 0. The predicted molar refractivity (Wildman–Crippen MR) is 48.6 cm³/mol. The number of carbonyl (C=O) groups excluding carboxylic acids is 1. The van der Waals surface area contributed by atoms with Gasteiger partial charge in [0.25, 0.3) is 0 Å². The molecule has 0 saturated carbocycles. The van der Waals surface area contributed by atoms with Gasteiger partial charge in [0.2, 0.25) is 0 Å². The van der Waals surface area contributed by atoms with E-state index >= 15 is 0 Å². The van der Waals surface area contributed by atoms with E-state index in [2.05, 4.69) is 13.8 Å². The summed E-state index contributed by atoms with van der Waals surface area (Å²) in [6.45, 7) is 7.43. The van der Waals surface area contributed by atoms with Crippen LogP contribution in [-0.2, 0) is 4.74 Å². The van der Waals surface area contributed by atoms with E-state index in [0.29, 0.717) is 12.1 Å². The summed E-state index contributed by atoms with van der Waals surface area (Å²) in [6, 6.07) is 0.489. The Morgan fingerprint density at radius 3 is 2.69 bits per heavy atom. The Labute approximate surface area is 78.4 Å². The number of amides is 2. The van der Waals surface area contributed by atoms with Crippen LogP contribution < -0.4 is 0 Å². The van der Waals surface area contributed by atoms with Crippen LogP contribution in [0.4, 0.5) is 4.79 Å². The lowest BCUT2D eigenvalue weighted by Gasteiger charge is -2.21. The van der Waals surface area contributed by atoms with E-state index in [-0.39, 0.29) is 6.03 Å². The normalized spacial score (nSPS) is 27.6. The second-order valence-electron chi connectivity index (χ2n) is 3.97. The molecule has 0 aliphatic carbocycles. The van der Waals surface area contributed by atoms with Gasteiger partial charge in [-0.3, -0.25) is 0 Å². The van der Waals surface area contributed by atoms with Crippen molar-refractivity contribution in [3.8, 4) is 0 Å². The minimum atomic E-state index is 0.172. The maximum absolute atomic E-state index is 11.7. The zero-order valence-corrected chi connectivity index (χ0v) is 8.19. The Morgan fingerprint density at radius 2 is 2.23 bits per heavy atom. The topological polar surface area (TPSA) is 36.1 Å². The molecule has 0 aromatic carbocycles. The summed E-state index contributed by atoms with van der Waals surface area (Å²) in [5.74, 6) is 0. The van der Waals surface area contributed by atoms with Gasteiger partial charge in [-0.1, -0.05) is 0 Å². The number of ether oxygens (including phenoxy) is 1. The first-order valence-electron chi connectivity index (χ1n) is 4.85. The second-order valence-corrected chi connectivity index (χ2v) is 3.97. The number of urea groups is 1. The lowest BCUT2D eigenvalue weighted by Crippen LogP contribution is -2.37. The number of rotatable bonds is 3. The molecule has 0 radical (unpaired) electrons. The highest BCUT2D eigenvalue weighted by Crippen LogP contribution is 2.17. The van der Waals surface area contributed by atoms with E-state index in [0.717, 1.165) is 26.2 Å². The zero-order valence-electron chi connectivity index (χ0n) is 8.19. The highest BCUT2D eigenvalue weighted by atomic mass is 16.6. The molecule has 1 unspecified atom stereocenters.